The van der Waals surface area contributed by atoms with Crippen LogP contribution in [0.3, 0.4) is 0 Å². The van der Waals surface area contributed by atoms with Crippen LogP contribution in [0.15, 0.2) is 70.3 Å². The van der Waals surface area contributed by atoms with E-state index in [1.165, 1.54) is 5.56 Å². The summed E-state index contributed by atoms with van der Waals surface area (Å²) in [5, 5.41) is 7.08. The lowest BCUT2D eigenvalue weighted by atomic mass is 10.0. The average molecular weight is 522 g/mol. The molecule has 6 heteroatoms. The van der Waals surface area contributed by atoms with Crippen molar-refractivity contribution in [1.82, 2.24) is 15.5 Å². The predicted octanol–water partition coefficient (Wildman–Crippen LogP) is 4.78. The molecule has 1 atom stereocenters. The normalized spacial score (nSPS) is 16.5. The summed E-state index contributed by atoms with van der Waals surface area (Å²) < 4.78 is 5.41. The van der Waals surface area contributed by atoms with E-state index in [0.717, 1.165) is 56.2 Å². The van der Waals surface area contributed by atoms with Crippen LogP contribution in [0.2, 0.25) is 0 Å². The molecule has 0 spiro atoms. The number of rotatable bonds is 8. The van der Waals surface area contributed by atoms with E-state index in [-0.39, 0.29) is 24.0 Å². The maximum atomic E-state index is 5.41. The van der Waals surface area contributed by atoms with Gasteiger partial charge in [0, 0.05) is 38.1 Å². The average Bonchev–Trinajstić information content (AvgIpc) is 3.26. The van der Waals surface area contributed by atoms with Gasteiger partial charge in [0.15, 0.2) is 5.96 Å². The van der Waals surface area contributed by atoms with Gasteiger partial charge in [0.1, 0.15) is 5.76 Å². The number of guanidine groups is 1. The lowest BCUT2D eigenvalue weighted by molar-refractivity contribution is 0.158. The van der Waals surface area contributed by atoms with Gasteiger partial charge in [-0.25, -0.2) is 4.99 Å². The van der Waals surface area contributed by atoms with Gasteiger partial charge in [0.05, 0.1) is 12.8 Å². The van der Waals surface area contributed by atoms with Crippen LogP contribution in [0.4, 0.5) is 0 Å². The first kappa shape index (κ1) is 24.5. The molecule has 3 rings (SSSR count). The Morgan fingerprint density at radius 3 is 2.57 bits per heavy atom. The number of piperidine rings is 1. The van der Waals surface area contributed by atoms with Crippen LogP contribution in [0, 0.1) is 0 Å². The van der Waals surface area contributed by atoms with Gasteiger partial charge in [-0.2, -0.15) is 0 Å². The highest BCUT2D eigenvalue weighted by atomic mass is 127. The third-order valence-corrected chi connectivity index (χ3v) is 5.45. The van der Waals surface area contributed by atoms with Crippen molar-refractivity contribution < 1.29 is 4.42 Å². The van der Waals surface area contributed by atoms with Crippen LogP contribution in [0.5, 0.6) is 0 Å². The molecule has 164 valence electrons. The van der Waals surface area contributed by atoms with E-state index >= 15 is 0 Å². The molecule has 1 aromatic heterocycles. The minimum atomic E-state index is 0. The first-order valence-electron chi connectivity index (χ1n) is 10.6. The number of nitrogens with zero attached hydrogens (tertiary/aromatic N) is 2. The molecule has 1 fully saturated rings. The number of likely N-dealkylation sites (tertiary alicyclic amines) is 1. The largest absolute Gasteiger partial charge is 0.469 e. The molecule has 0 amide bonds. The van der Waals surface area contributed by atoms with Crippen molar-refractivity contribution in [3.05, 3.63) is 72.2 Å². The van der Waals surface area contributed by atoms with Crippen molar-refractivity contribution in [3.8, 4) is 0 Å². The summed E-state index contributed by atoms with van der Waals surface area (Å²) in [6.07, 6.45) is 4.79. The molecule has 2 aromatic rings. The highest BCUT2D eigenvalue weighted by Gasteiger charge is 2.24. The van der Waals surface area contributed by atoms with Crippen LogP contribution < -0.4 is 10.6 Å². The Kier molecular flexibility index (Phi) is 10.4. The topological polar surface area (TPSA) is 52.8 Å². The Morgan fingerprint density at radius 1 is 1.20 bits per heavy atom. The third-order valence-electron chi connectivity index (χ3n) is 5.45. The summed E-state index contributed by atoms with van der Waals surface area (Å²) in [7, 11) is 0. The smallest absolute Gasteiger partial charge is 0.191 e. The summed E-state index contributed by atoms with van der Waals surface area (Å²) in [4.78, 5) is 7.26. The van der Waals surface area contributed by atoms with Crippen molar-refractivity contribution >= 4 is 29.9 Å². The van der Waals surface area contributed by atoms with Crippen LogP contribution >= 0.6 is 24.0 Å². The van der Waals surface area contributed by atoms with Crippen LogP contribution in [-0.2, 0) is 6.42 Å². The maximum absolute atomic E-state index is 5.41. The van der Waals surface area contributed by atoms with E-state index in [9.17, 15) is 0 Å². The molecule has 30 heavy (non-hydrogen) atoms. The Bertz CT molecular complexity index is 768. The molecule has 1 aliphatic rings. The molecule has 2 N–H and O–H groups in total. The number of benzene rings is 1. The van der Waals surface area contributed by atoms with Gasteiger partial charge in [-0.15, -0.1) is 24.0 Å². The second-order valence-electron chi connectivity index (χ2n) is 7.92. The van der Waals surface area contributed by atoms with Crippen molar-refractivity contribution in [2.24, 2.45) is 4.99 Å². The highest BCUT2D eigenvalue weighted by Crippen LogP contribution is 2.23. The van der Waals surface area contributed by atoms with Crippen molar-refractivity contribution in [1.29, 1.82) is 0 Å². The van der Waals surface area contributed by atoms with Gasteiger partial charge >= 0.3 is 0 Å². The van der Waals surface area contributed by atoms with Gasteiger partial charge in [0.2, 0.25) is 0 Å². The standard InChI is InChI=1S/C24H34N4O.HI/c1-19(2)18-26-24(25-14-11-23-10-7-17-29-23)27-22-12-15-28(16-13-22)20(3)21-8-5-4-6-9-21;/h4-10,17,20,22H,1,11-16,18H2,2-3H3,(H2,25,26,27);1H. The van der Waals surface area contributed by atoms with Gasteiger partial charge < -0.3 is 15.1 Å². The number of hydrogen-bond acceptors (Lipinski definition) is 3. The molecule has 1 unspecified atom stereocenters. The summed E-state index contributed by atoms with van der Waals surface area (Å²) in [5.74, 6) is 1.86. The van der Waals surface area contributed by atoms with Gasteiger partial charge in [0.25, 0.3) is 0 Å². The second kappa shape index (κ2) is 12.8. The molecule has 0 radical (unpaired) electrons. The Balaban J connectivity index is 0.00000320. The zero-order valence-electron chi connectivity index (χ0n) is 18.1. The Hall–Kier alpha value is -1.80. The predicted molar refractivity (Wildman–Crippen MR) is 136 cm³/mol. The van der Waals surface area contributed by atoms with Gasteiger partial charge in [-0.1, -0.05) is 42.5 Å². The van der Waals surface area contributed by atoms with Crippen molar-refractivity contribution in [2.45, 2.75) is 45.2 Å². The number of nitrogens with one attached hydrogen (secondary N) is 2. The molecule has 1 aliphatic heterocycles. The van der Waals surface area contributed by atoms with Gasteiger partial charge in [-0.3, -0.25) is 4.90 Å². The van der Waals surface area contributed by atoms with E-state index in [1.54, 1.807) is 6.26 Å². The molecular formula is C24H35IN4O. The van der Waals surface area contributed by atoms with E-state index in [1.807, 2.05) is 19.1 Å². The van der Waals surface area contributed by atoms with Crippen LogP contribution in [-0.4, -0.2) is 43.1 Å². The van der Waals surface area contributed by atoms with Crippen molar-refractivity contribution in [2.75, 3.05) is 26.2 Å². The highest BCUT2D eigenvalue weighted by molar-refractivity contribution is 14.0. The fraction of sp³-hybridized carbons (Fsp3) is 0.458. The lowest BCUT2D eigenvalue weighted by Crippen LogP contribution is -2.49. The molecule has 0 aliphatic carbocycles. The second-order valence-corrected chi connectivity index (χ2v) is 7.92. The monoisotopic (exact) mass is 522 g/mol. The van der Waals surface area contributed by atoms with Crippen LogP contribution in [0.1, 0.15) is 44.1 Å². The quantitative estimate of drug-likeness (QED) is 0.227. The zero-order chi connectivity index (χ0) is 20.5. The van der Waals surface area contributed by atoms with Crippen molar-refractivity contribution in [3.63, 3.8) is 0 Å². The molecule has 0 bridgehead atoms. The number of halogens is 1. The minimum Gasteiger partial charge on any atom is -0.469 e. The van der Waals surface area contributed by atoms with E-state index < -0.39 is 0 Å². The molecule has 1 aromatic carbocycles. The zero-order valence-corrected chi connectivity index (χ0v) is 20.5. The maximum Gasteiger partial charge on any atom is 0.191 e. The summed E-state index contributed by atoms with van der Waals surface area (Å²) in [6, 6.07) is 15.6. The fourth-order valence-corrected chi connectivity index (χ4v) is 3.69. The van der Waals surface area contributed by atoms with Crippen LogP contribution in [0.25, 0.3) is 0 Å². The Labute approximate surface area is 198 Å². The van der Waals surface area contributed by atoms with E-state index in [0.29, 0.717) is 18.6 Å². The third kappa shape index (κ3) is 7.80. The number of aliphatic imine (C=N–C) groups is 1. The van der Waals surface area contributed by atoms with Gasteiger partial charge in [-0.05, 0) is 44.4 Å². The first-order valence-corrected chi connectivity index (χ1v) is 10.6. The molecule has 2 heterocycles. The number of hydrogen-bond donors (Lipinski definition) is 2. The fourth-order valence-electron chi connectivity index (χ4n) is 3.69. The summed E-state index contributed by atoms with van der Waals surface area (Å²) >= 11 is 0. The molecule has 1 saturated heterocycles. The lowest BCUT2D eigenvalue weighted by Gasteiger charge is -2.37. The van der Waals surface area contributed by atoms with E-state index in [2.05, 4.69) is 64.4 Å². The molecular weight excluding hydrogens is 487 g/mol. The molecule has 0 saturated carbocycles. The van der Waals surface area contributed by atoms with E-state index in [4.69, 9.17) is 4.42 Å². The SMILES string of the molecule is C=C(C)CN=C(NCCc1ccco1)NC1CCN(C(C)c2ccccc2)CC1.I. The summed E-state index contributed by atoms with van der Waals surface area (Å²) in [5.41, 5.74) is 2.45. The minimum absolute atomic E-state index is 0. The number of furan rings is 1. The molecule has 5 nitrogen and oxygen atoms in total. The Morgan fingerprint density at radius 2 is 1.93 bits per heavy atom. The summed E-state index contributed by atoms with van der Waals surface area (Å²) in [6.45, 7) is 11.9. The first-order chi connectivity index (χ1) is 14.1.